The van der Waals surface area contributed by atoms with Crippen LogP contribution in [-0.2, 0) is 0 Å². The fraction of sp³-hybridized carbons (Fsp3) is 0. The van der Waals surface area contributed by atoms with Gasteiger partial charge in [-0.25, -0.2) is 13.2 Å². The highest BCUT2D eigenvalue weighted by molar-refractivity contribution is 5.63. The quantitative estimate of drug-likeness (QED) is 0.670. The van der Waals surface area contributed by atoms with Crippen LogP contribution in [0.5, 0.6) is 0 Å². The second-order valence-corrected chi connectivity index (χ2v) is 3.04. The lowest BCUT2D eigenvalue weighted by atomic mass is 10.1. The summed E-state index contributed by atoms with van der Waals surface area (Å²) in [5.41, 5.74) is 0.406. The minimum atomic E-state index is -0.725. The van der Waals surface area contributed by atoms with Gasteiger partial charge in [-0.15, -0.1) is 0 Å². The smallest absolute Gasteiger partial charge is 0.133 e. The lowest BCUT2D eigenvalue weighted by Crippen LogP contribution is -1.87. The summed E-state index contributed by atoms with van der Waals surface area (Å²) < 4.78 is 38.8. The third-order valence-electron chi connectivity index (χ3n) is 1.98. The van der Waals surface area contributed by atoms with Crippen LogP contribution in [0.1, 0.15) is 0 Å². The summed E-state index contributed by atoms with van der Waals surface area (Å²) in [7, 11) is 0. The average Bonchev–Trinajstić information content (AvgIpc) is 2.17. The van der Waals surface area contributed by atoms with E-state index in [2.05, 4.69) is 6.07 Å². The minimum absolute atomic E-state index is 0.135. The maximum absolute atomic E-state index is 13.3. The Labute approximate surface area is 85.0 Å². The number of benzene rings is 2. The van der Waals surface area contributed by atoms with Crippen molar-refractivity contribution in [2.45, 2.75) is 0 Å². The van der Waals surface area contributed by atoms with Crippen molar-refractivity contribution >= 4 is 0 Å². The molecule has 2 rings (SSSR count). The van der Waals surface area contributed by atoms with E-state index in [4.69, 9.17) is 0 Å². The highest BCUT2D eigenvalue weighted by Crippen LogP contribution is 2.23. The Morgan fingerprint density at radius 1 is 0.867 bits per heavy atom. The van der Waals surface area contributed by atoms with Crippen LogP contribution in [0, 0.1) is 23.5 Å². The van der Waals surface area contributed by atoms with Gasteiger partial charge < -0.3 is 0 Å². The van der Waals surface area contributed by atoms with Crippen LogP contribution in [0.3, 0.4) is 0 Å². The molecule has 0 N–H and O–H groups in total. The highest BCUT2D eigenvalue weighted by atomic mass is 19.1. The predicted octanol–water partition coefficient (Wildman–Crippen LogP) is 3.57. The normalized spacial score (nSPS) is 10.3. The van der Waals surface area contributed by atoms with E-state index < -0.39 is 17.5 Å². The standard InChI is InChI=1S/C12H6F3/c13-9-3-1-2-8(6-9)11-5-4-10(14)7-12(11)15/h1,3-7H. The Morgan fingerprint density at radius 3 is 2.27 bits per heavy atom. The summed E-state index contributed by atoms with van der Waals surface area (Å²) in [6, 6.07) is 9.54. The van der Waals surface area contributed by atoms with E-state index >= 15 is 0 Å². The molecular formula is C12H6F3. The zero-order valence-corrected chi connectivity index (χ0v) is 7.60. The first-order valence-corrected chi connectivity index (χ1v) is 4.29. The average molecular weight is 207 g/mol. The van der Waals surface area contributed by atoms with Gasteiger partial charge in [0.25, 0.3) is 0 Å². The van der Waals surface area contributed by atoms with Crippen molar-refractivity contribution in [2.75, 3.05) is 0 Å². The molecule has 0 nitrogen and oxygen atoms in total. The molecule has 0 aliphatic rings. The van der Waals surface area contributed by atoms with Gasteiger partial charge in [0.05, 0.1) is 0 Å². The summed E-state index contributed by atoms with van der Waals surface area (Å²) in [5.74, 6) is -1.86. The van der Waals surface area contributed by atoms with Crippen LogP contribution in [0.15, 0.2) is 36.4 Å². The van der Waals surface area contributed by atoms with E-state index in [0.717, 1.165) is 18.2 Å². The molecule has 2 aromatic rings. The Morgan fingerprint density at radius 2 is 1.60 bits per heavy atom. The van der Waals surface area contributed by atoms with Crippen LogP contribution in [0.2, 0.25) is 0 Å². The molecule has 2 aromatic carbocycles. The summed E-state index contributed by atoms with van der Waals surface area (Å²) >= 11 is 0. The summed E-state index contributed by atoms with van der Waals surface area (Å²) in [5, 5.41) is 0. The number of hydrogen-bond donors (Lipinski definition) is 0. The lowest BCUT2D eigenvalue weighted by molar-refractivity contribution is 0.585. The summed E-state index contributed by atoms with van der Waals surface area (Å²) in [6.45, 7) is 0. The number of hydrogen-bond acceptors (Lipinski definition) is 0. The Hall–Kier alpha value is -1.77. The molecular weight excluding hydrogens is 201 g/mol. The third kappa shape index (κ3) is 2.01. The molecule has 0 amide bonds. The van der Waals surface area contributed by atoms with Gasteiger partial charge in [0.15, 0.2) is 0 Å². The van der Waals surface area contributed by atoms with Crippen molar-refractivity contribution in [3.63, 3.8) is 0 Å². The van der Waals surface area contributed by atoms with Gasteiger partial charge in [-0.1, -0.05) is 6.07 Å². The SMILES string of the molecule is Fc1cc[c]c(-c2ccc(F)cc2F)c1. The molecule has 0 atom stereocenters. The van der Waals surface area contributed by atoms with Gasteiger partial charge in [-0.2, -0.15) is 0 Å². The Bertz CT molecular complexity index is 492. The fourth-order valence-electron chi connectivity index (χ4n) is 1.30. The molecule has 0 spiro atoms. The highest BCUT2D eigenvalue weighted by Gasteiger charge is 2.06. The molecule has 0 fully saturated rings. The summed E-state index contributed by atoms with van der Waals surface area (Å²) in [4.78, 5) is 0. The lowest BCUT2D eigenvalue weighted by Gasteiger charge is -2.02. The first-order valence-electron chi connectivity index (χ1n) is 4.29. The number of rotatable bonds is 1. The van der Waals surface area contributed by atoms with E-state index in [1.165, 1.54) is 18.2 Å². The Kier molecular flexibility index (Phi) is 2.46. The molecule has 0 aliphatic heterocycles. The van der Waals surface area contributed by atoms with Crippen LogP contribution in [-0.4, -0.2) is 0 Å². The van der Waals surface area contributed by atoms with Gasteiger partial charge in [0, 0.05) is 11.6 Å². The molecule has 1 radical (unpaired) electrons. The summed E-state index contributed by atoms with van der Waals surface area (Å²) in [6.07, 6.45) is 0. The van der Waals surface area contributed by atoms with Gasteiger partial charge in [0.1, 0.15) is 17.5 Å². The molecule has 3 heteroatoms. The fourth-order valence-corrected chi connectivity index (χ4v) is 1.30. The van der Waals surface area contributed by atoms with Crippen molar-refractivity contribution in [1.82, 2.24) is 0 Å². The first-order chi connectivity index (χ1) is 7.16. The van der Waals surface area contributed by atoms with Gasteiger partial charge in [0.2, 0.25) is 0 Å². The molecule has 0 heterocycles. The van der Waals surface area contributed by atoms with Gasteiger partial charge in [-0.05, 0) is 35.9 Å². The zero-order valence-electron chi connectivity index (χ0n) is 7.60. The molecule has 0 unspecified atom stereocenters. The second-order valence-electron chi connectivity index (χ2n) is 3.04. The maximum Gasteiger partial charge on any atom is 0.133 e. The van der Waals surface area contributed by atoms with Crippen LogP contribution >= 0.6 is 0 Å². The zero-order chi connectivity index (χ0) is 10.8. The van der Waals surface area contributed by atoms with Crippen molar-refractivity contribution in [3.05, 3.63) is 59.9 Å². The van der Waals surface area contributed by atoms with E-state index in [-0.39, 0.29) is 11.1 Å². The first kappa shape index (κ1) is 9.77. The largest absolute Gasteiger partial charge is 0.207 e. The van der Waals surface area contributed by atoms with E-state index in [0.29, 0.717) is 0 Å². The molecule has 0 aromatic heterocycles. The number of halogens is 3. The van der Waals surface area contributed by atoms with Gasteiger partial charge in [-0.3, -0.25) is 0 Å². The molecule has 75 valence electrons. The van der Waals surface area contributed by atoms with Crippen molar-refractivity contribution in [2.24, 2.45) is 0 Å². The predicted molar refractivity (Wildman–Crippen MR) is 50.6 cm³/mol. The van der Waals surface area contributed by atoms with Crippen molar-refractivity contribution in [3.8, 4) is 11.1 Å². The van der Waals surface area contributed by atoms with Crippen LogP contribution < -0.4 is 0 Å². The molecule has 0 saturated carbocycles. The Balaban J connectivity index is 2.54. The molecule has 0 aliphatic carbocycles. The van der Waals surface area contributed by atoms with Gasteiger partial charge >= 0.3 is 0 Å². The third-order valence-corrected chi connectivity index (χ3v) is 1.98. The van der Waals surface area contributed by atoms with E-state index in [9.17, 15) is 13.2 Å². The molecule has 0 saturated heterocycles. The van der Waals surface area contributed by atoms with Crippen LogP contribution in [0.4, 0.5) is 13.2 Å². The monoisotopic (exact) mass is 207 g/mol. The van der Waals surface area contributed by atoms with Crippen molar-refractivity contribution < 1.29 is 13.2 Å². The van der Waals surface area contributed by atoms with E-state index in [1.54, 1.807) is 0 Å². The van der Waals surface area contributed by atoms with Crippen molar-refractivity contribution in [1.29, 1.82) is 0 Å². The molecule has 15 heavy (non-hydrogen) atoms. The maximum atomic E-state index is 13.3. The van der Waals surface area contributed by atoms with Crippen LogP contribution in [0.25, 0.3) is 11.1 Å². The van der Waals surface area contributed by atoms with E-state index in [1.807, 2.05) is 0 Å². The molecule has 0 bridgehead atoms. The second kappa shape index (κ2) is 3.77. The minimum Gasteiger partial charge on any atom is -0.207 e. The topological polar surface area (TPSA) is 0 Å².